The molecule has 0 saturated carbocycles. The fourth-order valence-corrected chi connectivity index (χ4v) is 14.9. The molecule has 0 fully saturated rings. The number of hydrogen-bond acceptors (Lipinski definition) is 32. The van der Waals surface area contributed by atoms with E-state index in [1.165, 1.54) is 54.6 Å². The van der Waals surface area contributed by atoms with E-state index >= 15 is 0 Å². The molecule has 122 heavy (non-hydrogen) atoms. The van der Waals surface area contributed by atoms with Crippen LogP contribution in [-0.4, -0.2) is 167 Å². The highest BCUT2D eigenvalue weighted by molar-refractivity contribution is 9.14. The van der Waals surface area contributed by atoms with Crippen molar-refractivity contribution in [2.75, 3.05) is 0 Å². The number of aromatic hydroxyl groups is 26. The minimum atomic E-state index is -0.828. The molecule has 12 rings (SSSR count). The van der Waals surface area contributed by atoms with Gasteiger partial charge in [-0.25, -0.2) is 0 Å². The predicted octanol–water partition coefficient (Wildman–Crippen LogP) is 18.5. The Morgan fingerprint density at radius 1 is 0.180 bits per heavy atom. The number of benzene rings is 12. The number of carbonyl (C=O) groups excluding carboxylic acids is 6. The first kappa shape index (κ1) is 97.9. The van der Waals surface area contributed by atoms with Crippen LogP contribution < -0.4 is 0 Å². The zero-order valence-electron chi connectivity index (χ0n) is 59.9. The third-order valence-electron chi connectivity index (χ3n) is 16.3. The number of carbonyl (C=O) groups is 6. The molecule has 0 aromatic heterocycles. The van der Waals surface area contributed by atoms with E-state index < -0.39 is 167 Å². The highest BCUT2D eigenvalue weighted by Crippen LogP contribution is 2.49. The molecule has 12 aromatic carbocycles. The molecule has 12 aromatic rings. The standard InChI is InChI=1S/C14H10Br2O5.2C13H7Br3O5.C13H8Br2O5.C13H9BrO6.C13H10O6/c1-5-8(15)2-7(14(21)12(5)19)13(20)6-3-10(17)11(18)4-9(6)16;14-5-2-8(18)7(17)1-4(5)12(20)10-11(16)6(15)3-9(19)13(10)21;14-5-3-8(18)13(21)9(10(5)16)11(19)4-1-6(15)12(20)7(17)2-4;14-6-4-9(18)13(20)10(11(6)15)12(19)5-1-2-7(16)8(17)3-5;14-7-4-6(11(18)13(20)12(7)19)10(17)5-1-2-8(15)9(16)3-5;14-7-2-1-6(5-10(7)17)12(18)11-8(15)3-4-9(16)13(11)19/h2-4,17-19,21H,1H3;1-3,17-19,21H;1-3,17-18,20-21H;1-4,16-18,20H;1-4,15-16,18-20H;1-5,14-17,19H. The van der Waals surface area contributed by atoms with Gasteiger partial charge in [-0.3, -0.25) is 28.8 Å². The van der Waals surface area contributed by atoms with Crippen molar-refractivity contribution >= 4 is 210 Å². The minimum absolute atomic E-state index is 0.00686. The number of phenolic OH excluding ortho intramolecular Hbond substituents is 26. The number of halogens is 11. The van der Waals surface area contributed by atoms with Gasteiger partial charge in [-0.15, -0.1) is 0 Å². The van der Waals surface area contributed by atoms with E-state index in [1.807, 2.05) is 0 Å². The van der Waals surface area contributed by atoms with E-state index in [2.05, 4.69) is 175 Å². The van der Waals surface area contributed by atoms with E-state index in [0.29, 0.717) is 23.5 Å². The summed E-state index contributed by atoms with van der Waals surface area (Å²) in [5, 5.41) is 248. The fourth-order valence-electron chi connectivity index (χ4n) is 9.94. The Balaban J connectivity index is 0.000000202. The van der Waals surface area contributed by atoms with Crippen molar-refractivity contribution in [1.82, 2.24) is 0 Å². The molecule has 0 aliphatic heterocycles. The summed E-state index contributed by atoms with van der Waals surface area (Å²) >= 11 is 34.2. The van der Waals surface area contributed by atoms with Crippen LogP contribution in [0.15, 0.2) is 183 Å². The van der Waals surface area contributed by atoms with Crippen molar-refractivity contribution < 1.29 is 162 Å². The second kappa shape index (κ2) is 40.6. The molecule has 0 heterocycles. The third kappa shape index (κ3) is 21.8. The largest absolute Gasteiger partial charge is 0.507 e. The molecule has 636 valence electrons. The van der Waals surface area contributed by atoms with Gasteiger partial charge in [0.2, 0.25) is 11.5 Å². The van der Waals surface area contributed by atoms with Crippen LogP contribution in [0, 0.1) is 6.92 Å². The van der Waals surface area contributed by atoms with Gasteiger partial charge in [0.15, 0.2) is 167 Å². The Bertz CT molecular complexity index is 6200. The van der Waals surface area contributed by atoms with Gasteiger partial charge in [0.1, 0.15) is 11.3 Å². The second-order valence-corrected chi connectivity index (χ2v) is 33.5. The molecule has 0 aliphatic carbocycles. The molecule has 0 amide bonds. The van der Waals surface area contributed by atoms with Gasteiger partial charge < -0.3 is 133 Å². The van der Waals surface area contributed by atoms with Crippen LogP contribution in [0.2, 0.25) is 0 Å². The Morgan fingerprint density at radius 2 is 0.459 bits per heavy atom. The Hall–Kier alpha value is -11.3. The van der Waals surface area contributed by atoms with Gasteiger partial charge in [-0.2, -0.15) is 0 Å². The highest BCUT2D eigenvalue weighted by atomic mass is 79.9. The van der Waals surface area contributed by atoms with Gasteiger partial charge in [0, 0.05) is 79.2 Å². The maximum atomic E-state index is 12.5. The number of ketones is 6. The van der Waals surface area contributed by atoms with Crippen LogP contribution in [0.4, 0.5) is 0 Å². The van der Waals surface area contributed by atoms with Crippen molar-refractivity contribution in [2.45, 2.75) is 6.92 Å². The monoisotopic (exact) mass is 2380 g/mol. The third-order valence-corrected chi connectivity index (χ3v) is 25.6. The quantitative estimate of drug-likeness (QED) is 0.0307. The number of hydrogen-bond donors (Lipinski definition) is 26. The molecule has 0 bridgehead atoms. The van der Waals surface area contributed by atoms with Crippen LogP contribution in [0.1, 0.15) is 101 Å². The molecule has 26 N–H and O–H groups in total. The Labute approximate surface area is 775 Å². The van der Waals surface area contributed by atoms with E-state index in [1.54, 1.807) is 6.92 Å². The van der Waals surface area contributed by atoms with E-state index in [9.17, 15) is 156 Å². The lowest BCUT2D eigenvalue weighted by atomic mass is 10.00. The summed E-state index contributed by atoms with van der Waals surface area (Å²) in [4.78, 5) is 74.1. The molecular weight excluding hydrogens is 2340 g/mol. The SMILES string of the molecule is Cc1c(Br)cc(C(=O)c2cc(O)c(O)cc2Br)c(O)c1O.O=C(c1cc(O)c(O)c(Br)c1)c1c(O)c(O)cc(Br)c1Br.O=C(c1cc(O)c(O)cc1Br)c1c(O)c(O)cc(Br)c1Br.O=C(c1ccc(O)c(O)c1)c1c(O)c(O)cc(Br)c1Br.O=C(c1ccc(O)c(O)c1)c1c(O)ccc(O)c1O.O=C(c1ccc(O)c(O)c1)c1cc(Br)c(O)c(O)c1O. The molecule has 0 aliphatic rings. The zero-order valence-corrected chi connectivity index (χ0v) is 77.4. The highest BCUT2D eigenvalue weighted by Gasteiger charge is 2.31. The van der Waals surface area contributed by atoms with Gasteiger partial charge in [0.05, 0.1) is 36.8 Å². The summed E-state index contributed by atoms with van der Waals surface area (Å²) < 4.78 is 3.01. The topological polar surface area (TPSA) is 628 Å². The minimum Gasteiger partial charge on any atom is -0.507 e. The first-order chi connectivity index (χ1) is 56.8. The van der Waals surface area contributed by atoms with Crippen molar-refractivity contribution in [3.63, 3.8) is 0 Å². The van der Waals surface area contributed by atoms with E-state index in [4.69, 9.17) is 5.11 Å². The van der Waals surface area contributed by atoms with Crippen molar-refractivity contribution in [1.29, 1.82) is 0 Å². The Kier molecular flexibility index (Phi) is 32.6. The van der Waals surface area contributed by atoms with Crippen molar-refractivity contribution in [3.8, 4) is 149 Å². The number of phenols is 26. The average Bonchev–Trinajstić information content (AvgIpc) is 0.802. The second-order valence-electron chi connectivity index (χ2n) is 24.3. The maximum absolute atomic E-state index is 12.5. The summed E-state index contributed by atoms with van der Waals surface area (Å²) in [6.07, 6.45) is 0. The maximum Gasteiger partial charge on any atom is 0.202 e. The molecule has 0 unspecified atom stereocenters. The fraction of sp³-hybridized carbons (Fsp3) is 0.0127. The van der Waals surface area contributed by atoms with Crippen molar-refractivity contribution in [3.05, 3.63) is 255 Å². The van der Waals surface area contributed by atoms with Crippen LogP contribution in [0.5, 0.6) is 149 Å². The van der Waals surface area contributed by atoms with Gasteiger partial charge in [0.25, 0.3) is 0 Å². The first-order valence-corrected chi connectivity index (χ1v) is 41.1. The zero-order chi connectivity index (χ0) is 91.9. The van der Waals surface area contributed by atoms with Gasteiger partial charge >= 0.3 is 0 Å². The summed E-state index contributed by atoms with van der Waals surface area (Å²) in [7, 11) is 0. The normalized spacial score (nSPS) is 10.5. The predicted molar refractivity (Wildman–Crippen MR) is 471 cm³/mol. The van der Waals surface area contributed by atoms with E-state index in [-0.39, 0.29) is 116 Å². The van der Waals surface area contributed by atoms with Crippen LogP contribution in [-0.2, 0) is 0 Å². The summed E-state index contributed by atoms with van der Waals surface area (Å²) in [5.41, 5.74) is -0.920. The summed E-state index contributed by atoms with van der Waals surface area (Å²) in [6.45, 7) is 1.58. The summed E-state index contributed by atoms with van der Waals surface area (Å²) in [6, 6.07) is 25.3. The van der Waals surface area contributed by atoms with E-state index in [0.717, 1.165) is 78.9 Å². The lowest BCUT2D eigenvalue weighted by molar-refractivity contribution is 0.102. The molecule has 0 saturated heterocycles. The number of rotatable bonds is 12. The molecule has 43 heteroatoms. The molecule has 0 atom stereocenters. The lowest BCUT2D eigenvalue weighted by Gasteiger charge is -2.11. The Morgan fingerprint density at radius 3 is 0.861 bits per heavy atom. The summed E-state index contributed by atoms with van der Waals surface area (Å²) in [5.74, 6) is -17.3. The average molecular weight is 2390 g/mol. The first-order valence-electron chi connectivity index (χ1n) is 32.3. The molecule has 0 radical (unpaired) electrons. The van der Waals surface area contributed by atoms with Crippen LogP contribution >= 0.6 is 175 Å². The van der Waals surface area contributed by atoms with Crippen LogP contribution in [0.3, 0.4) is 0 Å². The van der Waals surface area contributed by atoms with Crippen molar-refractivity contribution in [2.24, 2.45) is 0 Å². The molecule has 32 nitrogen and oxygen atoms in total. The molecule has 0 spiro atoms. The lowest BCUT2D eigenvalue weighted by Crippen LogP contribution is -2.04. The smallest absolute Gasteiger partial charge is 0.202 e. The molecular formula is C79H51Br11O32. The van der Waals surface area contributed by atoms with Crippen LogP contribution in [0.25, 0.3) is 0 Å². The van der Waals surface area contributed by atoms with Gasteiger partial charge in [-0.1, -0.05) is 15.9 Å². The van der Waals surface area contributed by atoms with Gasteiger partial charge in [-0.05, 0) is 300 Å².